The fourth-order valence-electron chi connectivity index (χ4n) is 3.65. The maximum Gasteiger partial charge on any atom is 0.223 e. The number of aromatic nitrogens is 5. The van der Waals surface area contributed by atoms with Crippen LogP contribution in [0.1, 0.15) is 56.6 Å². The van der Waals surface area contributed by atoms with Crippen molar-refractivity contribution in [2.24, 2.45) is 0 Å². The highest BCUT2D eigenvalue weighted by atomic mass is 16.2. The lowest BCUT2D eigenvalue weighted by Gasteiger charge is -2.33. The average molecular weight is 352 g/mol. The Morgan fingerprint density at radius 3 is 2.88 bits per heavy atom. The van der Waals surface area contributed by atoms with Gasteiger partial charge in [0.15, 0.2) is 5.82 Å². The molecular weight excluding hydrogens is 328 g/mol. The Balaban J connectivity index is 1.43. The maximum absolute atomic E-state index is 12.7. The lowest BCUT2D eigenvalue weighted by Crippen LogP contribution is -2.41. The van der Waals surface area contributed by atoms with Gasteiger partial charge in [-0.15, -0.1) is 10.2 Å². The predicted molar refractivity (Wildman–Crippen MR) is 98.7 cm³/mol. The van der Waals surface area contributed by atoms with E-state index >= 15 is 0 Å². The molecule has 0 radical (unpaired) electrons. The summed E-state index contributed by atoms with van der Waals surface area (Å²) < 4.78 is 2.19. The van der Waals surface area contributed by atoms with E-state index in [1.165, 1.54) is 0 Å². The van der Waals surface area contributed by atoms with Crippen LogP contribution in [0.15, 0.2) is 24.3 Å². The van der Waals surface area contributed by atoms with Crippen LogP contribution in [0.2, 0.25) is 0 Å². The zero-order valence-electron chi connectivity index (χ0n) is 15.4. The highest BCUT2D eigenvalue weighted by Gasteiger charge is 2.29. The molecule has 0 fully saturated rings. The van der Waals surface area contributed by atoms with Crippen LogP contribution in [-0.2, 0) is 17.8 Å². The molecule has 0 spiro atoms. The van der Waals surface area contributed by atoms with Gasteiger partial charge in [-0.1, -0.05) is 26.0 Å². The van der Waals surface area contributed by atoms with Crippen molar-refractivity contribution in [3.63, 3.8) is 0 Å². The van der Waals surface area contributed by atoms with Crippen LogP contribution in [-0.4, -0.2) is 42.1 Å². The summed E-state index contributed by atoms with van der Waals surface area (Å²) in [5.74, 6) is 3.20. The van der Waals surface area contributed by atoms with E-state index in [-0.39, 0.29) is 11.9 Å². The van der Waals surface area contributed by atoms with Crippen LogP contribution in [0.4, 0.5) is 0 Å². The van der Waals surface area contributed by atoms with Crippen LogP contribution in [0.5, 0.6) is 0 Å². The second-order valence-corrected chi connectivity index (χ2v) is 7.32. The number of benzene rings is 1. The fourth-order valence-corrected chi connectivity index (χ4v) is 3.65. The van der Waals surface area contributed by atoms with Gasteiger partial charge in [-0.3, -0.25) is 4.79 Å². The molecular formula is C19H24N6O. The number of para-hydroxylation sites is 2. The molecule has 1 aliphatic heterocycles. The van der Waals surface area contributed by atoms with E-state index in [0.29, 0.717) is 31.8 Å². The molecule has 1 atom stereocenters. The topological polar surface area (TPSA) is 79.7 Å². The predicted octanol–water partition coefficient (Wildman–Crippen LogP) is 2.81. The molecule has 0 saturated carbocycles. The van der Waals surface area contributed by atoms with Crippen LogP contribution < -0.4 is 0 Å². The van der Waals surface area contributed by atoms with Gasteiger partial charge in [0.2, 0.25) is 5.91 Å². The van der Waals surface area contributed by atoms with E-state index in [4.69, 9.17) is 0 Å². The second kappa shape index (κ2) is 6.55. The summed E-state index contributed by atoms with van der Waals surface area (Å²) in [6.45, 7) is 7.59. The van der Waals surface area contributed by atoms with Crippen molar-refractivity contribution < 1.29 is 4.79 Å². The molecule has 136 valence electrons. The van der Waals surface area contributed by atoms with Crippen molar-refractivity contribution in [1.29, 1.82) is 0 Å². The van der Waals surface area contributed by atoms with Crippen molar-refractivity contribution in [2.45, 2.75) is 52.1 Å². The number of hydrogen-bond acceptors (Lipinski definition) is 4. The molecule has 7 nitrogen and oxygen atoms in total. The number of rotatable bonds is 4. The minimum absolute atomic E-state index is 0.137. The Bertz CT molecular complexity index is 908. The molecule has 3 heterocycles. The van der Waals surface area contributed by atoms with Crippen LogP contribution in [0.25, 0.3) is 11.0 Å². The van der Waals surface area contributed by atoms with Crippen LogP contribution in [0.3, 0.4) is 0 Å². The smallest absolute Gasteiger partial charge is 0.223 e. The monoisotopic (exact) mass is 352 g/mol. The molecule has 1 aliphatic rings. The minimum Gasteiger partial charge on any atom is -0.342 e. The number of fused-ring (bicyclic) bond motifs is 2. The average Bonchev–Trinajstić information content (AvgIpc) is 3.23. The molecule has 3 aromatic rings. The third-order valence-corrected chi connectivity index (χ3v) is 4.93. The summed E-state index contributed by atoms with van der Waals surface area (Å²) in [5.41, 5.74) is 1.95. The number of aryl methyl sites for hydroxylation is 1. The number of carbonyl (C=O) groups excluding carboxylic acids is 1. The number of nitrogens with zero attached hydrogens (tertiary/aromatic N) is 5. The SMILES string of the molecule is CC(C)c1nnc2n1[C@@H](C)CN(C(=O)CCc1nc3ccccc3[nH]1)C2. The minimum atomic E-state index is 0.137. The first-order chi connectivity index (χ1) is 12.5. The number of nitrogens with one attached hydrogen (secondary N) is 1. The summed E-state index contributed by atoms with van der Waals surface area (Å²) in [5, 5.41) is 8.63. The van der Waals surface area contributed by atoms with Gasteiger partial charge in [-0.05, 0) is 19.1 Å². The highest BCUT2D eigenvalue weighted by molar-refractivity contribution is 5.77. The number of carbonyl (C=O) groups is 1. The van der Waals surface area contributed by atoms with Gasteiger partial charge in [0.25, 0.3) is 0 Å². The van der Waals surface area contributed by atoms with Gasteiger partial charge in [-0.25, -0.2) is 4.98 Å². The third-order valence-electron chi connectivity index (χ3n) is 4.93. The van der Waals surface area contributed by atoms with E-state index in [9.17, 15) is 4.79 Å². The van der Waals surface area contributed by atoms with Crippen molar-refractivity contribution in [1.82, 2.24) is 29.6 Å². The third kappa shape index (κ3) is 2.98. The van der Waals surface area contributed by atoms with Gasteiger partial charge >= 0.3 is 0 Å². The van der Waals surface area contributed by atoms with Gasteiger partial charge in [0.1, 0.15) is 11.6 Å². The quantitative estimate of drug-likeness (QED) is 0.783. The molecule has 1 N–H and O–H groups in total. The van der Waals surface area contributed by atoms with E-state index in [0.717, 1.165) is 28.5 Å². The van der Waals surface area contributed by atoms with Gasteiger partial charge in [0, 0.05) is 25.3 Å². The molecule has 1 amide bonds. The largest absolute Gasteiger partial charge is 0.342 e. The van der Waals surface area contributed by atoms with E-state index in [1.54, 1.807) is 0 Å². The van der Waals surface area contributed by atoms with E-state index in [1.807, 2.05) is 29.2 Å². The van der Waals surface area contributed by atoms with E-state index < -0.39 is 0 Å². The van der Waals surface area contributed by atoms with Gasteiger partial charge < -0.3 is 14.5 Å². The van der Waals surface area contributed by atoms with Gasteiger partial charge in [-0.2, -0.15) is 0 Å². The normalized spacial score (nSPS) is 17.1. The molecule has 0 saturated heterocycles. The lowest BCUT2D eigenvalue weighted by molar-refractivity contribution is -0.133. The summed E-state index contributed by atoms with van der Waals surface area (Å²) in [6, 6.07) is 8.11. The number of aromatic amines is 1. The zero-order valence-corrected chi connectivity index (χ0v) is 15.4. The summed E-state index contributed by atoms with van der Waals surface area (Å²) >= 11 is 0. The highest BCUT2D eigenvalue weighted by Crippen LogP contribution is 2.25. The van der Waals surface area contributed by atoms with Crippen molar-refractivity contribution in [3.8, 4) is 0 Å². The lowest BCUT2D eigenvalue weighted by atomic mass is 10.1. The molecule has 2 aromatic heterocycles. The molecule has 7 heteroatoms. The number of imidazole rings is 1. The van der Waals surface area contributed by atoms with Crippen molar-refractivity contribution in [3.05, 3.63) is 41.7 Å². The fraction of sp³-hybridized carbons (Fsp3) is 0.474. The summed E-state index contributed by atoms with van der Waals surface area (Å²) in [4.78, 5) is 22.4. The molecule has 0 aliphatic carbocycles. The number of hydrogen-bond donors (Lipinski definition) is 1. The van der Waals surface area contributed by atoms with E-state index in [2.05, 4.69) is 45.5 Å². The number of H-pyrrole nitrogens is 1. The second-order valence-electron chi connectivity index (χ2n) is 7.32. The zero-order chi connectivity index (χ0) is 18.3. The van der Waals surface area contributed by atoms with Crippen molar-refractivity contribution >= 4 is 16.9 Å². The molecule has 0 bridgehead atoms. The molecule has 4 rings (SSSR count). The maximum atomic E-state index is 12.7. The summed E-state index contributed by atoms with van der Waals surface area (Å²) in [7, 11) is 0. The van der Waals surface area contributed by atoms with Crippen LogP contribution in [0, 0.1) is 0 Å². The standard InChI is InChI=1S/C19H24N6O/c1-12(2)19-23-22-17-11-24(10-13(3)25(17)19)18(26)9-8-16-20-14-6-4-5-7-15(14)21-16/h4-7,12-13H,8-11H2,1-3H3,(H,20,21)/t13-/m0/s1. The Morgan fingerprint density at radius 2 is 2.12 bits per heavy atom. The first-order valence-corrected chi connectivity index (χ1v) is 9.18. The number of amides is 1. The Labute approximate surface area is 152 Å². The Morgan fingerprint density at radius 1 is 1.31 bits per heavy atom. The first kappa shape index (κ1) is 16.8. The Kier molecular flexibility index (Phi) is 4.22. The van der Waals surface area contributed by atoms with Crippen molar-refractivity contribution in [2.75, 3.05) is 6.54 Å². The Hall–Kier alpha value is -2.70. The molecule has 26 heavy (non-hydrogen) atoms. The first-order valence-electron chi connectivity index (χ1n) is 9.18. The molecule has 1 aromatic carbocycles. The molecule has 0 unspecified atom stereocenters. The van der Waals surface area contributed by atoms with Gasteiger partial charge in [0.05, 0.1) is 23.6 Å². The summed E-state index contributed by atoms with van der Waals surface area (Å²) in [6.07, 6.45) is 1.06. The van der Waals surface area contributed by atoms with Crippen LogP contribution >= 0.6 is 0 Å².